The quantitative estimate of drug-likeness (QED) is 0.458. The van der Waals surface area contributed by atoms with Crippen molar-refractivity contribution in [3.63, 3.8) is 0 Å². The first-order valence-corrected chi connectivity index (χ1v) is 9.41. The number of para-hydroxylation sites is 1. The monoisotopic (exact) mass is 385 g/mol. The van der Waals surface area contributed by atoms with Gasteiger partial charge in [0.05, 0.1) is 4.91 Å². The molecule has 1 amide bonds. The van der Waals surface area contributed by atoms with Crippen molar-refractivity contribution in [2.45, 2.75) is 13.8 Å². The number of thiocarbonyl (C=S) groups is 1. The highest BCUT2D eigenvalue weighted by atomic mass is 32.2. The molecule has 1 aliphatic heterocycles. The topological polar surface area (TPSA) is 47.6 Å². The van der Waals surface area contributed by atoms with Crippen LogP contribution in [0.5, 0.6) is 11.5 Å². The summed E-state index contributed by atoms with van der Waals surface area (Å²) in [5.41, 5.74) is 3.17. The molecule has 1 N–H and O–H groups in total. The summed E-state index contributed by atoms with van der Waals surface area (Å²) in [6.07, 6.45) is 1.79. The van der Waals surface area contributed by atoms with Gasteiger partial charge in [-0.2, -0.15) is 0 Å². The Hall–Kier alpha value is -2.31. The van der Waals surface area contributed by atoms with E-state index in [1.54, 1.807) is 6.08 Å². The lowest BCUT2D eigenvalue weighted by Crippen LogP contribution is -2.17. The van der Waals surface area contributed by atoms with Crippen molar-refractivity contribution in [1.82, 2.24) is 5.32 Å². The molecule has 0 unspecified atom stereocenters. The second kappa shape index (κ2) is 8.38. The molecule has 0 atom stereocenters. The number of benzene rings is 2. The van der Waals surface area contributed by atoms with E-state index < -0.39 is 0 Å². The molecule has 0 spiro atoms. The molecule has 2 aromatic rings. The van der Waals surface area contributed by atoms with Gasteiger partial charge in [-0.05, 0) is 49.2 Å². The third-order valence-electron chi connectivity index (χ3n) is 3.65. The fraction of sp³-hybridized carbons (Fsp3) is 0.200. The van der Waals surface area contributed by atoms with Crippen molar-refractivity contribution >= 4 is 40.3 Å². The van der Waals surface area contributed by atoms with Crippen molar-refractivity contribution in [3.8, 4) is 11.5 Å². The van der Waals surface area contributed by atoms with Crippen LogP contribution in [0.4, 0.5) is 0 Å². The van der Waals surface area contributed by atoms with Gasteiger partial charge in [-0.3, -0.25) is 4.79 Å². The molecule has 1 heterocycles. The molecule has 0 saturated carbocycles. The molecule has 1 fully saturated rings. The first-order chi connectivity index (χ1) is 12.5. The summed E-state index contributed by atoms with van der Waals surface area (Å²) in [6, 6.07) is 13.7. The molecule has 0 aromatic heterocycles. The minimum absolute atomic E-state index is 0.173. The van der Waals surface area contributed by atoms with E-state index in [9.17, 15) is 4.79 Å². The van der Waals surface area contributed by atoms with Gasteiger partial charge in [0.15, 0.2) is 0 Å². The van der Waals surface area contributed by atoms with E-state index in [0.29, 0.717) is 28.2 Å². The molecule has 4 nitrogen and oxygen atoms in total. The number of rotatable bonds is 6. The van der Waals surface area contributed by atoms with Crippen LogP contribution in [0, 0.1) is 13.8 Å². The maximum absolute atomic E-state index is 11.8. The Labute approximate surface area is 162 Å². The molecule has 0 aliphatic carbocycles. The highest BCUT2D eigenvalue weighted by Gasteiger charge is 2.22. The smallest absolute Gasteiger partial charge is 0.263 e. The molecule has 134 valence electrons. The van der Waals surface area contributed by atoms with Crippen LogP contribution >= 0.6 is 24.0 Å². The Kier molecular flexibility index (Phi) is 5.96. The Morgan fingerprint density at radius 1 is 1.08 bits per heavy atom. The highest BCUT2D eigenvalue weighted by molar-refractivity contribution is 8.26. The molecule has 2 aromatic carbocycles. The number of amides is 1. The molecule has 0 radical (unpaired) electrons. The minimum atomic E-state index is -0.173. The third-order valence-corrected chi connectivity index (χ3v) is 4.82. The van der Waals surface area contributed by atoms with Gasteiger partial charge in [0.2, 0.25) is 0 Å². The van der Waals surface area contributed by atoms with Crippen LogP contribution in [-0.2, 0) is 4.79 Å². The minimum Gasteiger partial charge on any atom is -0.490 e. The molecule has 26 heavy (non-hydrogen) atoms. The fourth-order valence-electron chi connectivity index (χ4n) is 2.62. The van der Waals surface area contributed by atoms with E-state index in [2.05, 4.69) is 11.4 Å². The highest BCUT2D eigenvalue weighted by Crippen LogP contribution is 2.29. The van der Waals surface area contributed by atoms with E-state index in [-0.39, 0.29) is 5.91 Å². The number of carbonyl (C=O) groups excluding carboxylic acids is 1. The number of aryl methyl sites for hydroxylation is 2. The Morgan fingerprint density at radius 3 is 2.46 bits per heavy atom. The van der Waals surface area contributed by atoms with Crippen molar-refractivity contribution in [1.29, 1.82) is 0 Å². The first kappa shape index (κ1) is 18.5. The SMILES string of the molecule is Cc1cc(C)cc(OCCOc2ccccc2C=C2SC(=S)NC2=O)c1. The Morgan fingerprint density at radius 2 is 1.77 bits per heavy atom. The summed E-state index contributed by atoms with van der Waals surface area (Å²) in [4.78, 5) is 12.4. The third kappa shape index (κ3) is 4.86. The van der Waals surface area contributed by atoms with E-state index >= 15 is 0 Å². The van der Waals surface area contributed by atoms with Gasteiger partial charge in [0.1, 0.15) is 29.0 Å². The molecular formula is C20H19NO3S2. The maximum Gasteiger partial charge on any atom is 0.263 e. The number of thioether (sulfide) groups is 1. The van der Waals surface area contributed by atoms with Gasteiger partial charge < -0.3 is 14.8 Å². The first-order valence-electron chi connectivity index (χ1n) is 8.19. The van der Waals surface area contributed by atoms with E-state index in [4.69, 9.17) is 21.7 Å². The predicted octanol–water partition coefficient (Wildman–Crippen LogP) is 4.25. The zero-order valence-corrected chi connectivity index (χ0v) is 16.2. The number of carbonyl (C=O) groups is 1. The summed E-state index contributed by atoms with van der Waals surface area (Å²) in [5, 5.41) is 2.61. The van der Waals surface area contributed by atoms with Gasteiger partial charge in [-0.1, -0.05) is 48.2 Å². The maximum atomic E-state index is 11.8. The van der Waals surface area contributed by atoms with Crippen LogP contribution in [0.3, 0.4) is 0 Å². The van der Waals surface area contributed by atoms with E-state index in [0.717, 1.165) is 11.3 Å². The number of hydrogen-bond donors (Lipinski definition) is 1. The molecule has 1 saturated heterocycles. The number of hydrogen-bond acceptors (Lipinski definition) is 5. The summed E-state index contributed by atoms with van der Waals surface area (Å²) >= 11 is 6.27. The average molecular weight is 386 g/mol. The summed E-state index contributed by atoms with van der Waals surface area (Å²) < 4.78 is 12.1. The zero-order chi connectivity index (χ0) is 18.5. The summed E-state index contributed by atoms with van der Waals surface area (Å²) in [7, 11) is 0. The van der Waals surface area contributed by atoms with Crippen molar-refractivity contribution in [2.75, 3.05) is 13.2 Å². The Balaban J connectivity index is 1.61. The number of nitrogens with one attached hydrogen (secondary N) is 1. The van der Waals surface area contributed by atoms with Crippen LogP contribution in [-0.4, -0.2) is 23.4 Å². The van der Waals surface area contributed by atoms with Crippen LogP contribution in [0.25, 0.3) is 6.08 Å². The van der Waals surface area contributed by atoms with Gasteiger partial charge in [0.25, 0.3) is 5.91 Å². The van der Waals surface area contributed by atoms with Gasteiger partial charge >= 0.3 is 0 Å². The van der Waals surface area contributed by atoms with Crippen LogP contribution in [0.15, 0.2) is 47.4 Å². The standard InChI is InChI=1S/C20H19NO3S2/c1-13-9-14(2)11-16(10-13)23-7-8-24-17-6-4-3-5-15(17)12-18-19(22)21-20(25)26-18/h3-6,9-12H,7-8H2,1-2H3,(H,21,22,25). The molecule has 3 rings (SSSR count). The lowest BCUT2D eigenvalue weighted by atomic mass is 10.1. The van der Waals surface area contributed by atoms with Gasteiger partial charge in [-0.15, -0.1) is 0 Å². The molecular weight excluding hydrogens is 366 g/mol. The van der Waals surface area contributed by atoms with Crippen LogP contribution < -0.4 is 14.8 Å². The van der Waals surface area contributed by atoms with Crippen LogP contribution in [0.2, 0.25) is 0 Å². The lowest BCUT2D eigenvalue weighted by molar-refractivity contribution is -0.115. The molecule has 6 heteroatoms. The molecule has 0 bridgehead atoms. The van der Waals surface area contributed by atoms with Crippen LogP contribution in [0.1, 0.15) is 16.7 Å². The summed E-state index contributed by atoms with van der Waals surface area (Å²) in [5.74, 6) is 1.37. The number of ether oxygens (including phenoxy) is 2. The lowest BCUT2D eigenvalue weighted by Gasteiger charge is -2.11. The fourth-order valence-corrected chi connectivity index (χ4v) is 3.66. The van der Waals surface area contributed by atoms with Gasteiger partial charge in [0, 0.05) is 5.56 Å². The second-order valence-electron chi connectivity index (χ2n) is 5.91. The van der Waals surface area contributed by atoms with Gasteiger partial charge in [-0.25, -0.2) is 0 Å². The Bertz CT molecular complexity index is 857. The van der Waals surface area contributed by atoms with E-state index in [1.165, 1.54) is 22.9 Å². The normalized spacial score (nSPS) is 15.2. The predicted molar refractivity (Wildman–Crippen MR) is 110 cm³/mol. The zero-order valence-electron chi connectivity index (χ0n) is 14.6. The summed E-state index contributed by atoms with van der Waals surface area (Å²) in [6.45, 7) is 4.93. The van der Waals surface area contributed by atoms with Crippen molar-refractivity contribution in [3.05, 3.63) is 64.1 Å². The van der Waals surface area contributed by atoms with Crippen molar-refractivity contribution in [2.24, 2.45) is 0 Å². The van der Waals surface area contributed by atoms with E-state index in [1.807, 2.05) is 50.2 Å². The average Bonchev–Trinajstić information content (AvgIpc) is 2.89. The second-order valence-corrected chi connectivity index (χ2v) is 7.63. The largest absolute Gasteiger partial charge is 0.490 e. The van der Waals surface area contributed by atoms with Crippen molar-refractivity contribution < 1.29 is 14.3 Å². The molecule has 1 aliphatic rings.